The standard InChI is InChI=1S/C11H22O5Si/c1-4-7-11(12)16-9-6-5-8-15-10-17(13-2)14-3/h4,7,17H,5-6,8-10H2,1-3H3. The lowest BCUT2D eigenvalue weighted by Crippen LogP contribution is -2.26. The topological polar surface area (TPSA) is 54.0 Å². The maximum absolute atomic E-state index is 10.9. The van der Waals surface area contributed by atoms with E-state index in [0.29, 0.717) is 19.4 Å². The summed E-state index contributed by atoms with van der Waals surface area (Å²) < 4.78 is 20.5. The number of unbranched alkanes of at least 4 members (excludes halogenated alkanes) is 1. The van der Waals surface area contributed by atoms with Crippen LogP contribution in [0.1, 0.15) is 19.8 Å². The van der Waals surface area contributed by atoms with Crippen LogP contribution >= 0.6 is 0 Å². The van der Waals surface area contributed by atoms with Crippen molar-refractivity contribution in [3.8, 4) is 0 Å². The molecule has 0 heterocycles. The molecule has 0 rings (SSSR count). The van der Waals surface area contributed by atoms with Crippen molar-refractivity contribution in [2.24, 2.45) is 0 Å². The molecule has 0 aromatic rings. The summed E-state index contributed by atoms with van der Waals surface area (Å²) in [5.74, 6) is -0.292. The molecule has 100 valence electrons. The molecule has 0 radical (unpaired) electrons. The van der Waals surface area contributed by atoms with Gasteiger partial charge in [-0.05, 0) is 19.8 Å². The zero-order chi connectivity index (χ0) is 12.9. The first-order valence-electron chi connectivity index (χ1n) is 5.67. The summed E-state index contributed by atoms with van der Waals surface area (Å²) in [6.07, 6.45) is 5.27. The molecule has 0 N–H and O–H groups in total. The molecule has 0 bridgehead atoms. The highest BCUT2D eigenvalue weighted by atomic mass is 28.3. The largest absolute Gasteiger partial charge is 0.463 e. The van der Waals surface area contributed by atoms with Gasteiger partial charge in [0.2, 0.25) is 0 Å². The highest BCUT2D eigenvalue weighted by molar-refractivity contribution is 6.44. The van der Waals surface area contributed by atoms with Crippen molar-refractivity contribution in [1.82, 2.24) is 0 Å². The van der Waals surface area contributed by atoms with Crippen molar-refractivity contribution in [3.63, 3.8) is 0 Å². The van der Waals surface area contributed by atoms with Crippen LogP contribution in [0.25, 0.3) is 0 Å². The van der Waals surface area contributed by atoms with Crippen LogP contribution in [0.15, 0.2) is 12.2 Å². The Bertz CT molecular complexity index is 216. The minimum Gasteiger partial charge on any atom is -0.463 e. The normalized spacial score (nSPS) is 11.3. The first-order chi connectivity index (χ1) is 8.24. The molecule has 6 heteroatoms. The first-order valence-corrected chi connectivity index (χ1v) is 7.43. The second-order valence-electron chi connectivity index (χ2n) is 3.35. The average molecular weight is 262 g/mol. The van der Waals surface area contributed by atoms with E-state index in [2.05, 4.69) is 0 Å². The fraction of sp³-hybridized carbons (Fsp3) is 0.727. The van der Waals surface area contributed by atoms with E-state index in [4.69, 9.17) is 18.3 Å². The molecule has 0 aliphatic rings. The summed E-state index contributed by atoms with van der Waals surface area (Å²) in [6, 6.07) is 0. The second kappa shape index (κ2) is 11.8. The smallest absolute Gasteiger partial charge is 0.347 e. The fourth-order valence-corrected chi connectivity index (χ4v) is 1.90. The Morgan fingerprint density at radius 2 is 1.82 bits per heavy atom. The lowest BCUT2D eigenvalue weighted by Gasteiger charge is -2.10. The van der Waals surface area contributed by atoms with E-state index in [1.54, 1.807) is 27.2 Å². The monoisotopic (exact) mass is 262 g/mol. The third-order valence-corrected chi connectivity index (χ3v) is 3.57. The van der Waals surface area contributed by atoms with Crippen molar-refractivity contribution in [2.45, 2.75) is 19.8 Å². The van der Waals surface area contributed by atoms with E-state index < -0.39 is 9.28 Å². The van der Waals surface area contributed by atoms with E-state index >= 15 is 0 Å². The number of allylic oxidation sites excluding steroid dienone is 1. The number of carbonyl (C=O) groups excluding carboxylic acids is 1. The SMILES string of the molecule is CC=CC(=O)OCCCCOC[SiH](OC)OC. The lowest BCUT2D eigenvalue weighted by atomic mass is 10.3. The Kier molecular flexibility index (Phi) is 11.3. The van der Waals surface area contributed by atoms with Crippen molar-refractivity contribution in [2.75, 3.05) is 33.7 Å². The quantitative estimate of drug-likeness (QED) is 0.254. The van der Waals surface area contributed by atoms with Gasteiger partial charge in [0.05, 0.1) is 12.8 Å². The number of rotatable bonds is 10. The molecule has 0 aromatic heterocycles. The van der Waals surface area contributed by atoms with Crippen LogP contribution in [0.5, 0.6) is 0 Å². The van der Waals surface area contributed by atoms with E-state index in [0.717, 1.165) is 12.8 Å². The minimum atomic E-state index is -1.59. The fourth-order valence-electron chi connectivity index (χ4n) is 1.08. The van der Waals surface area contributed by atoms with Crippen LogP contribution in [0.3, 0.4) is 0 Å². The maximum Gasteiger partial charge on any atom is 0.347 e. The Hall–Kier alpha value is -0.693. The van der Waals surface area contributed by atoms with Gasteiger partial charge in [-0.15, -0.1) is 0 Å². The summed E-state index contributed by atoms with van der Waals surface area (Å²) in [6.45, 7) is 2.85. The third-order valence-electron chi connectivity index (χ3n) is 2.01. The average Bonchev–Trinajstić information content (AvgIpc) is 2.33. The van der Waals surface area contributed by atoms with Crippen molar-refractivity contribution in [3.05, 3.63) is 12.2 Å². The predicted molar refractivity (Wildman–Crippen MR) is 67.0 cm³/mol. The van der Waals surface area contributed by atoms with Gasteiger partial charge in [-0.3, -0.25) is 0 Å². The molecule has 0 aliphatic carbocycles. The van der Waals surface area contributed by atoms with Gasteiger partial charge in [-0.25, -0.2) is 4.79 Å². The van der Waals surface area contributed by atoms with E-state index in [9.17, 15) is 4.79 Å². The molecule has 0 aromatic carbocycles. The van der Waals surface area contributed by atoms with Gasteiger partial charge < -0.3 is 18.3 Å². The van der Waals surface area contributed by atoms with E-state index in [1.165, 1.54) is 6.08 Å². The molecular formula is C11H22O5Si. The zero-order valence-electron chi connectivity index (χ0n) is 10.8. The summed E-state index contributed by atoms with van der Waals surface area (Å²) in [5.41, 5.74) is 0. The number of hydrogen-bond donors (Lipinski definition) is 0. The molecule has 0 unspecified atom stereocenters. The predicted octanol–water partition coefficient (Wildman–Crippen LogP) is 0.955. The van der Waals surface area contributed by atoms with Crippen LogP contribution in [0.2, 0.25) is 0 Å². The second-order valence-corrected chi connectivity index (χ2v) is 5.49. The zero-order valence-corrected chi connectivity index (χ0v) is 12.0. The molecule has 0 saturated carbocycles. The van der Waals surface area contributed by atoms with Crippen LogP contribution in [0, 0.1) is 0 Å². The highest BCUT2D eigenvalue weighted by Gasteiger charge is 2.08. The molecule has 17 heavy (non-hydrogen) atoms. The Morgan fingerprint density at radius 1 is 1.18 bits per heavy atom. The van der Waals surface area contributed by atoms with Crippen molar-refractivity contribution in [1.29, 1.82) is 0 Å². The van der Waals surface area contributed by atoms with Crippen molar-refractivity contribution < 1.29 is 23.1 Å². The first kappa shape index (κ1) is 16.3. The Morgan fingerprint density at radius 3 is 2.41 bits per heavy atom. The van der Waals surface area contributed by atoms with Gasteiger partial charge in [0.25, 0.3) is 0 Å². The summed E-state index contributed by atoms with van der Waals surface area (Å²) in [7, 11) is 1.67. The van der Waals surface area contributed by atoms with Crippen LogP contribution in [0.4, 0.5) is 0 Å². The summed E-state index contributed by atoms with van der Waals surface area (Å²) >= 11 is 0. The highest BCUT2D eigenvalue weighted by Crippen LogP contribution is 1.94. The van der Waals surface area contributed by atoms with Gasteiger partial charge in [0, 0.05) is 26.9 Å². The van der Waals surface area contributed by atoms with Crippen LogP contribution < -0.4 is 0 Å². The molecule has 0 saturated heterocycles. The van der Waals surface area contributed by atoms with E-state index in [-0.39, 0.29) is 5.97 Å². The summed E-state index contributed by atoms with van der Waals surface area (Å²) in [4.78, 5) is 10.9. The lowest BCUT2D eigenvalue weighted by molar-refractivity contribution is -0.137. The number of hydrogen-bond acceptors (Lipinski definition) is 5. The van der Waals surface area contributed by atoms with Gasteiger partial charge in [0.15, 0.2) is 0 Å². The van der Waals surface area contributed by atoms with Gasteiger partial charge in [0.1, 0.15) is 0 Å². The van der Waals surface area contributed by atoms with E-state index in [1.807, 2.05) is 0 Å². The minimum absolute atomic E-state index is 0.292. The van der Waals surface area contributed by atoms with Crippen LogP contribution in [-0.4, -0.2) is 48.9 Å². The van der Waals surface area contributed by atoms with Crippen LogP contribution in [-0.2, 0) is 23.1 Å². The van der Waals surface area contributed by atoms with Gasteiger partial charge in [-0.1, -0.05) is 6.08 Å². The molecule has 0 spiro atoms. The number of carbonyl (C=O) groups is 1. The third kappa shape index (κ3) is 10.2. The molecular weight excluding hydrogens is 240 g/mol. The van der Waals surface area contributed by atoms with Gasteiger partial charge in [-0.2, -0.15) is 0 Å². The van der Waals surface area contributed by atoms with Gasteiger partial charge >= 0.3 is 15.3 Å². The number of ether oxygens (including phenoxy) is 2. The molecule has 0 atom stereocenters. The maximum atomic E-state index is 10.9. The molecule has 5 nitrogen and oxygen atoms in total. The molecule has 0 amide bonds. The molecule has 0 fully saturated rings. The Labute approximate surface area is 105 Å². The Balaban J connectivity index is 3.26. The summed E-state index contributed by atoms with van der Waals surface area (Å²) in [5, 5.41) is 0. The van der Waals surface area contributed by atoms with Crippen molar-refractivity contribution >= 4 is 15.3 Å². The molecule has 0 aliphatic heterocycles. The number of esters is 1.